The highest BCUT2D eigenvalue weighted by Gasteiger charge is 2.21. The predicted molar refractivity (Wildman–Crippen MR) is 97.5 cm³/mol. The van der Waals surface area contributed by atoms with Crippen molar-refractivity contribution >= 4 is 39.2 Å². The fraction of sp³-hybridized carbons (Fsp3) is 0.118. The SMILES string of the molecule is C[C@H](OC(=O)c1ccc(Cl)c(S(N)(=O)=O)c1)C(=O)Nc1cccc(C#N)c1. The molecule has 0 aliphatic rings. The van der Waals surface area contributed by atoms with E-state index in [1.807, 2.05) is 6.07 Å². The number of carbonyl (C=O) groups excluding carboxylic acids is 2. The molecule has 0 radical (unpaired) electrons. The first kappa shape index (κ1) is 20.4. The van der Waals surface area contributed by atoms with Crippen LogP contribution in [-0.2, 0) is 19.6 Å². The number of nitrogens with one attached hydrogen (secondary N) is 1. The molecule has 0 bridgehead atoms. The summed E-state index contributed by atoms with van der Waals surface area (Å²) >= 11 is 5.76. The van der Waals surface area contributed by atoms with Crippen LogP contribution >= 0.6 is 11.6 Å². The molecule has 0 fully saturated rings. The Morgan fingerprint density at radius 2 is 1.96 bits per heavy atom. The van der Waals surface area contributed by atoms with Crippen molar-refractivity contribution in [3.63, 3.8) is 0 Å². The lowest BCUT2D eigenvalue weighted by Gasteiger charge is -2.14. The molecule has 27 heavy (non-hydrogen) atoms. The fourth-order valence-corrected chi connectivity index (χ4v) is 3.11. The van der Waals surface area contributed by atoms with Gasteiger partial charge in [0.25, 0.3) is 5.91 Å². The molecule has 0 saturated heterocycles. The lowest BCUT2D eigenvalue weighted by Crippen LogP contribution is -2.30. The summed E-state index contributed by atoms with van der Waals surface area (Å²) < 4.78 is 28.0. The number of nitrogens with zero attached hydrogens (tertiary/aromatic N) is 1. The average molecular weight is 408 g/mol. The van der Waals surface area contributed by atoms with Gasteiger partial charge in [-0.15, -0.1) is 0 Å². The molecule has 1 atom stereocenters. The smallest absolute Gasteiger partial charge is 0.338 e. The standard InChI is InChI=1S/C17H14ClN3O5S/c1-10(16(22)21-13-4-2-3-11(7-13)9-19)26-17(23)12-5-6-14(18)15(8-12)27(20,24)25/h2-8,10H,1H3,(H,21,22)(H2,20,24,25)/t10-/m0/s1. The summed E-state index contributed by atoms with van der Waals surface area (Å²) in [5.41, 5.74) is 0.591. The van der Waals surface area contributed by atoms with E-state index >= 15 is 0 Å². The minimum absolute atomic E-state index is 0.130. The summed E-state index contributed by atoms with van der Waals surface area (Å²) in [5.74, 6) is -1.55. The van der Waals surface area contributed by atoms with Crippen molar-refractivity contribution in [2.24, 2.45) is 5.14 Å². The van der Waals surface area contributed by atoms with Crippen LogP contribution in [-0.4, -0.2) is 26.4 Å². The number of hydrogen-bond acceptors (Lipinski definition) is 6. The van der Waals surface area contributed by atoms with Crippen molar-refractivity contribution < 1.29 is 22.7 Å². The molecule has 8 nitrogen and oxygen atoms in total. The summed E-state index contributed by atoms with van der Waals surface area (Å²) in [7, 11) is -4.13. The summed E-state index contributed by atoms with van der Waals surface area (Å²) in [6.07, 6.45) is -1.18. The third kappa shape index (κ3) is 5.27. The maximum absolute atomic E-state index is 12.2. The Kier molecular flexibility index (Phi) is 6.17. The number of esters is 1. The Hall–Kier alpha value is -2.93. The van der Waals surface area contributed by atoms with Crippen LogP contribution < -0.4 is 10.5 Å². The first-order valence-corrected chi connectivity index (χ1v) is 9.38. The highest BCUT2D eigenvalue weighted by molar-refractivity contribution is 7.89. The molecule has 0 aliphatic carbocycles. The molecule has 0 unspecified atom stereocenters. The molecule has 0 spiro atoms. The third-order valence-electron chi connectivity index (χ3n) is 3.39. The lowest BCUT2D eigenvalue weighted by molar-refractivity contribution is -0.123. The quantitative estimate of drug-likeness (QED) is 0.727. The summed E-state index contributed by atoms with van der Waals surface area (Å²) in [6, 6.07) is 11.6. The van der Waals surface area contributed by atoms with Crippen LogP contribution in [0.3, 0.4) is 0 Å². The van der Waals surface area contributed by atoms with Crippen LogP contribution in [0.15, 0.2) is 47.4 Å². The average Bonchev–Trinajstić information content (AvgIpc) is 2.61. The van der Waals surface area contributed by atoms with Gasteiger partial charge in [-0.05, 0) is 43.3 Å². The Bertz CT molecular complexity index is 1050. The van der Waals surface area contributed by atoms with Crippen LogP contribution in [0.2, 0.25) is 5.02 Å². The lowest BCUT2D eigenvalue weighted by atomic mass is 10.2. The minimum Gasteiger partial charge on any atom is -0.449 e. The second-order valence-corrected chi connectivity index (χ2v) is 7.36. The van der Waals surface area contributed by atoms with Crippen molar-refractivity contribution in [3.05, 3.63) is 58.6 Å². The number of primary sulfonamides is 1. The second kappa shape index (κ2) is 8.18. The second-order valence-electron chi connectivity index (χ2n) is 5.42. The zero-order chi connectivity index (χ0) is 20.2. The molecule has 2 rings (SSSR count). The first-order valence-electron chi connectivity index (χ1n) is 7.46. The molecular formula is C17H14ClN3O5S. The topological polar surface area (TPSA) is 139 Å². The Morgan fingerprint density at radius 1 is 1.26 bits per heavy atom. The number of anilines is 1. The molecule has 10 heteroatoms. The Labute approximate surface area is 160 Å². The number of benzene rings is 2. The number of halogens is 1. The van der Waals surface area contributed by atoms with E-state index in [1.165, 1.54) is 25.1 Å². The highest BCUT2D eigenvalue weighted by atomic mass is 35.5. The number of nitrogens with two attached hydrogens (primary N) is 1. The first-order chi connectivity index (χ1) is 12.6. The van der Waals surface area contributed by atoms with Crippen molar-refractivity contribution in [2.45, 2.75) is 17.9 Å². The van der Waals surface area contributed by atoms with Crippen LogP contribution in [0.4, 0.5) is 5.69 Å². The molecule has 0 aliphatic heterocycles. The van der Waals surface area contributed by atoms with Crippen molar-refractivity contribution in [1.29, 1.82) is 5.26 Å². The van der Waals surface area contributed by atoms with Gasteiger partial charge in [0.2, 0.25) is 10.0 Å². The van der Waals surface area contributed by atoms with E-state index in [0.717, 1.165) is 6.07 Å². The van der Waals surface area contributed by atoms with Crippen LogP contribution in [0.5, 0.6) is 0 Å². The van der Waals surface area contributed by atoms with E-state index < -0.39 is 32.9 Å². The molecule has 0 aromatic heterocycles. The molecule has 2 aromatic carbocycles. The minimum atomic E-state index is -4.13. The number of sulfonamides is 1. The van der Waals surface area contributed by atoms with Gasteiger partial charge in [-0.1, -0.05) is 17.7 Å². The third-order valence-corrected chi connectivity index (χ3v) is 4.78. The van der Waals surface area contributed by atoms with Gasteiger partial charge in [0.15, 0.2) is 6.10 Å². The summed E-state index contributed by atoms with van der Waals surface area (Å²) in [5, 5.41) is 16.3. The van der Waals surface area contributed by atoms with Gasteiger partial charge >= 0.3 is 5.97 Å². The Morgan fingerprint density at radius 3 is 2.59 bits per heavy atom. The normalized spacial score (nSPS) is 11.9. The number of ether oxygens (including phenoxy) is 1. The van der Waals surface area contributed by atoms with Gasteiger partial charge < -0.3 is 10.1 Å². The molecule has 1 amide bonds. The molecule has 140 valence electrons. The van der Waals surface area contributed by atoms with Gasteiger partial charge in [-0.2, -0.15) is 5.26 Å². The number of hydrogen-bond donors (Lipinski definition) is 2. The fourth-order valence-electron chi connectivity index (χ4n) is 2.04. The van der Waals surface area contributed by atoms with E-state index in [2.05, 4.69) is 5.32 Å². The Balaban J connectivity index is 2.11. The predicted octanol–water partition coefficient (Wildman–Crippen LogP) is 2.04. The highest BCUT2D eigenvalue weighted by Crippen LogP contribution is 2.22. The number of carbonyl (C=O) groups is 2. The van der Waals surface area contributed by atoms with Gasteiger partial charge in [-0.25, -0.2) is 18.4 Å². The van der Waals surface area contributed by atoms with Crippen molar-refractivity contribution in [1.82, 2.24) is 0 Å². The van der Waals surface area contributed by atoms with Crippen molar-refractivity contribution in [3.8, 4) is 6.07 Å². The summed E-state index contributed by atoms with van der Waals surface area (Å²) in [6.45, 7) is 1.35. The number of nitriles is 1. The molecule has 0 saturated carbocycles. The molecular weight excluding hydrogens is 394 g/mol. The molecule has 0 heterocycles. The van der Waals surface area contributed by atoms with E-state index in [1.54, 1.807) is 18.2 Å². The maximum Gasteiger partial charge on any atom is 0.338 e. The van der Waals surface area contributed by atoms with Gasteiger partial charge in [-0.3, -0.25) is 4.79 Å². The van der Waals surface area contributed by atoms with Crippen molar-refractivity contribution in [2.75, 3.05) is 5.32 Å². The van der Waals surface area contributed by atoms with E-state index in [0.29, 0.717) is 11.3 Å². The van der Waals surface area contributed by atoms with Crippen LogP contribution in [0.1, 0.15) is 22.8 Å². The van der Waals surface area contributed by atoms with Gasteiger partial charge in [0.1, 0.15) is 4.90 Å². The zero-order valence-electron chi connectivity index (χ0n) is 14.0. The monoisotopic (exact) mass is 407 g/mol. The van der Waals surface area contributed by atoms with Crippen LogP contribution in [0.25, 0.3) is 0 Å². The maximum atomic E-state index is 12.2. The molecule has 3 N–H and O–H groups in total. The summed E-state index contributed by atoms with van der Waals surface area (Å²) in [4.78, 5) is 23.9. The number of rotatable bonds is 5. The number of amides is 1. The van der Waals surface area contributed by atoms with E-state index in [-0.39, 0.29) is 10.6 Å². The van der Waals surface area contributed by atoms with Gasteiger partial charge in [0.05, 0.1) is 22.2 Å². The van der Waals surface area contributed by atoms with E-state index in [9.17, 15) is 18.0 Å². The molecule has 2 aromatic rings. The van der Waals surface area contributed by atoms with Gasteiger partial charge in [0, 0.05) is 5.69 Å². The van der Waals surface area contributed by atoms with Crippen LogP contribution in [0, 0.1) is 11.3 Å². The van der Waals surface area contributed by atoms with E-state index in [4.69, 9.17) is 26.7 Å². The zero-order valence-corrected chi connectivity index (χ0v) is 15.5. The largest absolute Gasteiger partial charge is 0.449 e.